The van der Waals surface area contributed by atoms with Crippen LogP contribution in [0.4, 0.5) is 0 Å². The number of aromatic amines is 1. The minimum atomic E-state index is 0.724. The second-order valence-electron chi connectivity index (χ2n) is 7.03. The van der Waals surface area contributed by atoms with E-state index in [1.165, 1.54) is 22.0 Å². The third kappa shape index (κ3) is 3.34. The number of H-pyrrole nitrogens is 1. The van der Waals surface area contributed by atoms with Gasteiger partial charge in [-0.15, -0.1) is 0 Å². The van der Waals surface area contributed by atoms with E-state index in [-0.39, 0.29) is 0 Å². The first-order valence-electron chi connectivity index (χ1n) is 9.14. The van der Waals surface area contributed by atoms with E-state index in [0.717, 1.165) is 48.2 Å². The van der Waals surface area contributed by atoms with Crippen molar-refractivity contribution >= 4 is 22.5 Å². The van der Waals surface area contributed by atoms with Gasteiger partial charge in [0.1, 0.15) is 0 Å². The van der Waals surface area contributed by atoms with Gasteiger partial charge in [0, 0.05) is 48.1 Å². The smallest absolute Gasteiger partial charge is 0.159 e. The summed E-state index contributed by atoms with van der Waals surface area (Å²) in [6.07, 6.45) is 4.96. The van der Waals surface area contributed by atoms with Crippen molar-refractivity contribution in [2.24, 2.45) is 0 Å². The Hall–Kier alpha value is -2.69. The van der Waals surface area contributed by atoms with Gasteiger partial charge < -0.3 is 4.98 Å². The molecule has 4 nitrogen and oxygen atoms in total. The molecule has 2 aromatic carbocycles. The summed E-state index contributed by atoms with van der Waals surface area (Å²) < 4.78 is 0. The first-order chi connectivity index (χ1) is 13.2. The van der Waals surface area contributed by atoms with E-state index in [2.05, 4.69) is 39.1 Å². The molecule has 0 fully saturated rings. The lowest BCUT2D eigenvalue weighted by Crippen LogP contribution is -2.31. The van der Waals surface area contributed by atoms with E-state index in [0.29, 0.717) is 0 Å². The lowest BCUT2D eigenvalue weighted by Gasteiger charge is -2.28. The molecular formula is C22H19ClN4. The number of nitrogens with one attached hydrogen (secondary N) is 1. The Bertz CT molecular complexity index is 1100. The lowest BCUT2D eigenvalue weighted by atomic mass is 10.0. The molecule has 2 aromatic heterocycles. The standard InChI is InChI=1S/C22H19ClN4/c23-19-4-2-16(3-5-19)22-25-12-18-8-10-27(14-21(18)26-22)13-15-1-6-20-17(11-15)7-9-24-20/h1-7,9,11-12,24H,8,10,13-14H2. The number of rotatable bonds is 3. The van der Waals surface area contributed by atoms with E-state index in [1.54, 1.807) is 0 Å². The van der Waals surface area contributed by atoms with Crippen LogP contribution in [0, 0.1) is 0 Å². The molecule has 134 valence electrons. The Morgan fingerprint density at radius 2 is 1.96 bits per heavy atom. The van der Waals surface area contributed by atoms with Crippen molar-refractivity contribution in [1.82, 2.24) is 19.9 Å². The number of hydrogen-bond acceptors (Lipinski definition) is 3. The first kappa shape index (κ1) is 16.5. The second kappa shape index (κ2) is 6.80. The van der Waals surface area contributed by atoms with Crippen LogP contribution in [0.5, 0.6) is 0 Å². The molecule has 0 saturated heterocycles. The first-order valence-corrected chi connectivity index (χ1v) is 9.51. The van der Waals surface area contributed by atoms with Crippen molar-refractivity contribution < 1.29 is 0 Å². The van der Waals surface area contributed by atoms with Crippen molar-refractivity contribution in [3.8, 4) is 11.4 Å². The number of nitrogens with zero attached hydrogens (tertiary/aromatic N) is 3. The highest BCUT2D eigenvalue weighted by Gasteiger charge is 2.19. The maximum Gasteiger partial charge on any atom is 0.159 e. The largest absolute Gasteiger partial charge is 0.361 e. The summed E-state index contributed by atoms with van der Waals surface area (Å²) in [5.41, 5.74) is 5.90. The second-order valence-corrected chi connectivity index (χ2v) is 7.47. The van der Waals surface area contributed by atoms with Gasteiger partial charge >= 0.3 is 0 Å². The molecule has 4 aromatic rings. The molecule has 27 heavy (non-hydrogen) atoms. The number of halogens is 1. The van der Waals surface area contributed by atoms with E-state index in [1.807, 2.05) is 36.7 Å². The van der Waals surface area contributed by atoms with Gasteiger partial charge in [0.15, 0.2) is 5.82 Å². The molecule has 0 aliphatic carbocycles. The van der Waals surface area contributed by atoms with Crippen LogP contribution in [0.3, 0.4) is 0 Å². The molecule has 1 aliphatic rings. The zero-order valence-electron chi connectivity index (χ0n) is 14.8. The third-order valence-corrected chi connectivity index (χ3v) is 5.40. The molecule has 5 heteroatoms. The maximum atomic E-state index is 5.99. The minimum Gasteiger partial charge on any atom is -0.361 e. The highest BCUT2D eigenvalue weighted by Crippen LogP contribution is 2.24. The fourth-order valence-electron chi connectivity index (χ4n) is 3.69. The number of benzene rings is 2. The highest BCUT2D eigenvalue weighted by molar-refractivity contribution is 6.30. The molecule has 5 rings (SSSR count). The summed E-state index contributed by atoms with van der Waals surface area (Å²) in [5, 5.41) is 1.99. The van der Waals surface area contributed by atoms with Crippen molar-refractivity contribution in [2.45, 2.75) is 19.5 Å². The van der Waals surface area contributed by atoms with Crippen LogP contribution < -0.4 is 0 Å². The van der Waals surface area contributed by atoms with Crippen molar-refractivity contribution in [3.05, 3.63) is 82.8 Å². The fourth-order valence-corrected chi connectivity index (χ4v) is 3.82. The Morgan fingerprint density at radius 1 is 1.07 bits per heavy atom. The van der Waals surface area contributed by atoms with Gasteiger partial charge in [-0.1, -0.05) is 17.7 Å². The van der Waals surface area contributed by atoms with Crippen LogP contribution in [0.25, 0.3) is 22.3 Å². The van der Waals surface area contributed by atoms with Crippen LogP contribution in [0.2, 0.25) is 5.02 Å². The summed E-state index contributed by atoms with van der Waals surface area (Å²) >= 11 is 5.99. The molecule has 3 heterocycles. The monoisotopic (exact) mass is 374 g/mol. The molecular weight excluding hydrogens is 356 g/mol. The summed E-state index contributed by atoms with van der Waals surface area (Å²) in [7, 11) is 0. The highest BCUT2D eigenvalue weighted by atomic mass is 35.5. The van der Waals surface area contributed by atoms with Gasteiger partial charge in [-0.2, -0.15) is 0 Å². The zero-order valence-corrected chi connectivity index (χ0v) is 15.6. The average molecular weight is 375 g/mol. The zero-order chi connectivity index (χ0) is 18.2. The van der Waals surface area contributed by atoms with Crippen LogP contribution in [0.15, 0.2) is 60.9 Å². The quantitative estimate of drug-likeness (QED) is 0.558. The number of aromatic nitrogens is 3. The van der Waals surface area contributed by atoms with Gasteiger partial charge in [-0.25, -0.2) is 9.97 Å². The predicted molar refractivity (Wildman–Crippen MR) is 109 cm³/mol. The topological polar surface area (TPSA) is 44.8 Å². The molecule has 1 aliphatic heterocycles. The van der Waals surface area contributed by atoms with Crippen LogP contribution in [-0.2, 0) is 19.5 Å². The number of fused-ring (bicyclic) bond motifs is 2. The summed E-state index contributed by atoms with van der Waals surface area (Å²) in [5.74, 6) is 0.765. The maximum absolute atomic E-state index is 5.99. The molecule has 0 spiro atoms. The van der Waals surface area contributed by atoms with Crippen molar-refractivity contribution in [3.63, 3.8) is 0 Å². The minimum absolute atomic E-state index is 0.724. The summed E-state index contributed by atoms with van der Waals surface area (Å²) in [4.78, 5) is 15.1. The third-order valence-electron chi connectivity index (χ3n) is 5.15. The normalized spacial score (nSPS) is 14.4. The summed E-state index contributed by atoms with van der Waals surface area (Å²) in [6.45, 7) is 2.81. The van der Waals surface area contributed by atoms with E-state index in [4.69, 9.17) is 16.6 Å². The van der Waals surface area contributed by atoms with Gasteiger partial charge in [0.25, 0.3) is 0 Å². The van der Waals surface area contributed by atoms with E-state index < -0.39 is 0 Å². The van der Waals surface area contributed by atoms with Gasteiger partial charge in [0.05, 0.1) is 5.69 Å². The van der Waals surface area contributed by atoms with Crippen molar-refractivity contribution in [1.29, 1.82) is 0 Å². The molecule has 0 radical (unpaired) electrons. The molecule has 0 saturated carbocycles. The molecule has 0 amide bonds. The predicted octanol–water partition coefficient (Wildman–Crippen LogP) is 4.84. The fraction of sp³-hybridized carbons (Fsp3) is 0.182. The van der Waals surface area contributed by atoms with Crippen LogP contribution >= 0.6 is 11.6 Å². The molecule has 0 unspecified atom stereocenters. The Balaban J connectivity index is 1.37. The SMILES string of the molecule is Clc1ccc(-c2ncc3c(n2)CN(Cc2ccc4[nH]ccc4c2)CC3)cc1. The molecule has 0 atom stereocenters. The number of hydrogen-bond donors (Lipinski definition) is 1. The van der Waals surface area contributed by atoms with Gasteiger partial charge in [0.2, 0.25) is 0 Å². The van der Waals surface area contributed by atoms with Crippen LogP contribution in [-0.4, -0.2) is 26.4 Å². The Morgan fingerprint density at radius 3 is 2.85 bits per heavy atom. The summed E-state index contributed by atoms with van der Waals surface area (Å²) in [6, 6.07) is 16.4. The lowest BCUT2D eigenvalue weighted by molar-refractivity contribution is 0.241. The average Bonchev–Trinajstić information content (AvgIpc) is 3.16. The van der Waals surface area contributed by atoms with E-state index >= 15 is 0 Å². The van der Waals surface area contributed by atoms with Crippen molar-refractivity contribution in [2.75, 3.05) is 6.54 Å². The van der Waals surface area contributed by atoms with E-state index in [9.17, 15) is 0 Å². The van der Waals surface area contributed by atoms with Crippen LogP contribution in [0.1, 0.15) is 16.8 Å². The van der Waals surface area contributed by atoms with Gasteiger partial charge in [-0.3, -0.25) is 4.90 Å². The Labute approximate surface area is 162 Å². The molecule has 0 bridgehead atoms. The van der Waals surface area contributed by atoms with Gasteiger partial charge in [-0.05, 0) is 65.4 Å². The molecule has 1 N–H and O–H groups in total. The Kier molecular flexibility index (Phi) is 4.15.